The van der Waals surface area contributed by atoms with E-state index in [0.29, 0.717) is 58.2 Å². The largest absolute Gasteiger partial charge is 0.480 e. The molecule has 3 aliphatic heterocycles. The lowest BCUT2D eigenvalue weighted by atomic mass is 10.1. The van der Waals surface area contributed by atoms with Gasteiger partial charge in [0.2, 0.25) is 11.8 Å². The average Bonchev–Trinajstić information content (AvgIpc) is 3.38. The maximum Gasteiger partial charge on any atom is 0.410 e. The lowest BCUT2D eigenvalue weighted by molar-refractivity contribution is -0.152. The molecule has 3 atom stereocenters. The van der Waals surface area contributed by atoms with Crippen molar-refractivity contribution < 1.29 is 29.0 Å². The highest BCUT2D eigenvalue weighted by Crippen LogP contribution is 2.29. The summed E-state index contributed by atoms with van der Waals surface area (Å²) in [5, 5.41) is 9.38. The molecular weight excluding hydrogens is 378 g/mol. The highest BCUT2D eigenvalue weighted by molar-refractivity contribution is 5.93. The van der Waals surface area contributed by atoms with Crippen LogP contribution in [0.2, 0.25) is 0 Å². The smallest absolute Gasteiger partial charge is 0.410 e. The Morgan fingerprint density at radius 1 is 0.759 bits per heavy atom. The molecule has 29 heavy (non-hydrogen) atoms. The molecular formula is C20H31N3O6. The van der Waals surface area contributed by atoms with Gasteiger partial charge in [0.1, 0.15) is 23.7 Å². The monoisotopic (exact) mass is 409 g/mol. The summed E-state index contributed by atoms with van der Waals surface area (Å²) in [4.78, 5) is 54.7. The van der Waals surface area contributed by atoms with E-state index in [1.807, 2.05) is 0 Å². The van der Waals surface area contributed by atoms with Crippen LogP contribution < -0.4 is 0 Å². The third-order valence-corrected chi connectivity index (χ3v) is 5.81. The minimum absolute atomic E-state index is 0.240. The van der Waals surface area contributed by atoms with E-state index >= 15 is 0 Å². The molecule has 9 heteroatoms. The summed E-state index contributed by atoms with van der Waals surface area (Å²) in [6.45, 7) is 6.64. The average molecular weight is 409 g/mol. The maximum absolute atomic E-state index is 13.3. The number of nitrogens with zero attached hydrogens (tertiary/aromatic N) is 3. The number of hydrogen-bond acceptors (Lipinski definition) is 5. The molecule has 0 saturated carbocycles. The predicted molar refractivity (Wildman–Crippen MR) is 103 cm³/mol. The summed E-state index contributed by atoms with van der Waals surface area (Å²) in [6, 6.07) is -2.10. The molecule has 0 aromatic rings. The molecule has 162 valence electrons. The number of aliphatic carboxylic acids is 1. The van der Waals surface area contributed by atoms with Crippen molar-refractivity contribution >= 4 is 23.9 Å². The number of likely N-dealkylation sites (tertiary alicyclic amines) is 3. The second-order valence-corrected chi connectivity index (χ2v) is 9.05. The summed E-state index contributed by atoms with van der Waals surface area (Å²) in [7, 11) is 0. The van der Waals surface area contributed by atoms with Crippen LogP contribution in [0.25, 0.3) is 0 Å². The van der Waals surface area contributed by atoms with E-state index < -0.39 is 35.8 Å². The van der Waals surface area contributed by atoms with E-state index in [2.05, 4.69) is 0 Å². The van der Waals surface area contributed by atoms with E-state index in [-0.39, 0.29) is 11.8 Å². The van der Waals surface area contributed by atoms with Crippen LogP contribution in [0.1, 0.15) is 59.3 Å². The third-order valence-electron chi connectivity index (χ3n) is 5.81. The van der Waals surface area contributed by atoms with E-state index in [4.69, 9.17) is 4.74 Å². The quantitative estimate of drug-likeness (QED) is 0.756. The van der Waals surface area contributed by atoms with E-state index in [1.165, 1.54) is 9.80 Å². The summed E-state index contributed by atoms with van der Waals surface area (Å²) < 4.78 is 5.44. The van der Waals surface area contributed by atoms with Gasteiger partial charge in [0, 0.05) is 19.6 Å². The molecule has 0 aromatic carbocycles. The SMILES string of the molecule is CC(C)(C)OC(=O)N1CCC[C@@H]1C(=O)N1CCC[C@@H]1C(=O)N1CCC[C@@H]1C(=O)O. The van der Waals surface area contributed by atoms with E-state index in [0.717, 1.165) is 0 Å². The van der Waals surface area contributed by atoms with Crippen molar-refractivity contribution in [3.63, 3.8) is 0 Å². The van der Waals surface area contributed by atoms with Crippen LogP contribution in [0, 0.1) is 0 Å². The van der Waals surface area contributed by atoms with Crippen molar-refractivity contribution in [3.05, 3.63) is 0 Å². The number of amides is 3. The van der Waals surface area contributed by atoms with Gasteiger partial charge in [-0.05, 0) is 59.3 Å². The first-order chi connectivity index (χ1) is 13.6. The van der Waals surface area contributed by atoms with Gasteiger partial charge in [0.25, 0.3) is 0 Å². The van der Waals surface area contributed by atoms with Gasteiger partial charge in [-0.1, -0.05) is 0 Å². The molecule has 0 unspecified atom stereocenters. The third kappa shape index (κ3) is 4.48. The van der Waals surface area contributed by atoms with Crippen molar-refractivity contribution in [1.82, 2.24) is 14.7 Å². The van der Waals surface area contributed by atoms with Crippen molar-refractivity contribution in [1.29, 1.82) is 0 Å². The summed E-state index contributed by atoms with van der Waals surface area (Å²) in [5.41, 5.74) is -0.652. The number of carboxylic acid groups (broad SMARTS) is 1. The highest BCUT2D eigenvalue weighted by Gasteiger charge is 2.46. The number of carbonyl (C=O) groups is 4. The van der Waals surface area contributed by atoms with Crippen molar-refractivity contribution in [3.8, 4) is 0 Å². The second kappa shape index (κ2) is 8.20. The van der Waals surface area contributed by atoms with Crippen LogP contribution >= 0.6 is 0 Å². The fraction of sp³-hybridized carbons (Fsp3) is 0.800. The molecule has 3 aliphatic rings. The van der Waals surface area contributed by atoms with Gasteiger partial charge in [0.15, 0.2) is 0 Å². The number of rotatable bonds is 3. The van der Waals surface area contributed by atoms with Gasteiger partial charge in [-0.15, -0.1) is 0 Å². The van der Waals surface area contributed by atoms with Gasteiger partial charge >= 0.3 is 12.1 Å². The topological polar surface area (TPSA) is 107 Å². The first-order valence-electron chi connectivity index (χ1n) is 10.4. The van der Waals surface area contributed by atoms with Gasteiger partial charge in [-0.2, -0.15) is 0 Å². The van der Waals surface area contributed by atoms with Crippen molar-refractivity contribution in [2.24, 2.45) is 0 Å². The zero-order valence-electron chi connectivity index (χ0n) is 17.4. The molecule has 1 N–H and O–H groups in total. The summed E-state index contributed by atoms with van der Waals surface area (Å²) in [5.74, 6) is -1.53. The number of carbonyl (C=O) groups excluding carboxylic acids is 3. The first-order valence-corrected chi connectivity index (χ1v) is 10.4. The zero-order chi connectivity index (χ0) is 21.3. The van der Waals surface area contributed by atoms with Crippen LogP contribution in [0.4, 0.5) is 4.79 Å². The van der Waals surface area contributed by atoms with E-state index in [9.17, 15) is 24.3 Å². The zero-order valence-corrected chi connectivity index (χ0v) is 17.4. The van der Waals surface area contributed by atoms with Crippen LogP contribution in [-0.4, -0.2) is 87.0 Å². The Morgan fingerprint density at radius 2 is 1.17 bits per heavy atom. The lowest BCUT2D eigenvalue weighted by Gasteiger charge is -2.34. The van der Waals surface area contributed by atoms with Gasteiger partial charge in [-0.25, -0.2) is 9.59 Å². The fourth-order valence-electron chi connectivity index (χ4n) is 4.52. The molecule has 3 fully saturated rings. The van der Waals surface area contributed by atoms with Crippen LogP contribution in [-0.2, 0) is 19.1 Å². The van der Waals surface area contributed by atoms with Crippen LogP contribution in [0.5, 0.6) is 0 Å². The molecule has 0 bridgehead atoms. The van der Waals surface area contributed by atoms with Gasteiger partial charge in [-0.3, -0.25) is 14.5 Å². The van der Waals surface area contributed by atoms with Crippen LogP contribution in [0.15, 0.2) is 0 Å². The number of carboxylic acids is 1. The van der Waals surface area contributed by atoms with E-state index in [1.54, 1.807) is 25.7 Å². The molecule has 0 radical (unpaired) electrons. The molecule has 9 nitrogen and oxygen atoms in total. The Bertz CT molecular complexity index is 688. The second-order valence-electron chi connectivity index (χ2n) is 9.05. The molecule has 3 heterocycles. The molecule has 3 saturated heterocycles. The van der Waals surface area contributed by atoms with Gasteiger partial charge < -0.3 is 19.6 Å². The molecule has 3 amide bonds. The Hall–Kier alpha value is -2.32. The Morgan fingerprint density at radius 3 is 1.66 bits per heavy atom. The fourth-order valence-corrected chi connectivity index (χ4v) is 4.52. The van der Waals surface area contributed by atoms with Gasteiger partial charge in [0.05, 0.1) is 0 Å². The van der Waals surface area contributed by atoms with Crippen molar-refractivity contribution in [2.45, 2.75) is 83.0 Å². The molecule has 3 rings (SSSR count). The minimum atomic E-state index is -1.00. The lowest BCUT2D eigenvalue weighted by Crippen LogP contribution is -2.55. The molecule has 0 aliphatic carbocycles. The Balaban J connectivity index is 1.71. The van der Waals surface area contributed by atoms with Crippen LogP contribution in [0.3, 0.4) is 0 Å². The van der Waals surface area contributed by atoms with Crippen molar-refractivity contribution in [2.75, 3.05) is 19.6 Å². The molecule has 0 aromatic heterocycles. The number of hydrogen-bond donors (Lipinski definition) is 1. The predicted octanol–water partition coefficient (Wildman–Crippen LogP) is 1.45. The standard InChI is InChI=1S/C20H31N3O6/c1-20(2,3)29-19(28)23-12-5-8-14(23)17(25)21-10-4-7-13(21)16(24)22-11-6-9-15(22)18(26)27/h13-15H,4-12H2,1-3H3,(H,26,27)/t13-,14-,15-/m1/s1. The maximum atomic E-state index is 13.3. The molecule has 0 spiro atoms. The Labute approximate surface area is 170 Å². The first kappa shape index (κ1) is 21.4. The minimum Gasteiger partial charge on any atom is -0.480 e. The summed E-state index contributed by atoms with van der Waals surface area (Å²) >= 11 is 0. The highest BCUT2D eigenvalue weighted by atomic mass is 16.6. The Kier molecular flexibility index (Phi) is 6.05. The normalized spacial score (nSPS) is 27.4. The summed E-state index contributed by atoms with van der Waals surface area (Å²) in [6.07, 6.45) is 3.03. The number of ether oxygens (including phenoxy) is 1.